The monoisotopic (exact) mass is 512 g/mol. The molecule has 2 aliphatic rings. The molecule has 11 heteroatoms. The van der Waals surface area contributed by atoms with Gasteiger partial charge in [-0.05, 0) is 43.7 Å². The summed E-state index contributed by atoms with van der Waals surface area (Å²) < 4.78 is 48.0. The fraction of sp³-hybridized carbons (Fsp3) is 0.318. The molecule has 0 spiro atoms. The molecule has 3 aromatic rings. The fourth-order valence-electron chi connectivity index (χ4n) is 3.94. The number of rotatable bonds is 5. The first-order valence-corrected chi connectivity index (χ1v) is 12.1. The summed E-state index contributed by atoms with van der Waals surface area (Å²) in [4.78, 5) is 0.725. The molecule has 2 aromatic heterocycles. The molecule has 1 unspecified atom stereocenters. The van der Waals surface area contributed by atoms with E-state index >= 15 is 0 Å². The summed E-state index contributed by atoms with van der Waals surface area (Å²) in [6.45, 7) is 0. The zero-order valence-corrected chi connectivity index (χ0v) is 19.6. The first-order valence-electron chi connectivity index (χ1n) is 10.1. The van der Waals surface area contributed by atoms with Gasteiger partial charge in [0.05, 0.1) is 21.3 Å². The van der Waals surface area contributed by atoms with E-state index in [1.165, 1.54) is 11.8 Å². The lowest BCUT2D eigenvalue weighted by Gasteiger charge is -2.18. The van der Waals surface area contributed by atoms with E-state index in [9.17, 15) is 13.2 Å². The second-order valence-electron chi connectivity index (χ2n) is 7.91. The van der Waals surface area contributed by atoms with Gasteiger partial charge in [-0.25, -0.2) is 4.68 Å². The molecule has 0 amide bonds. The van der Waals surface area contributed by atoms with Crippen LogP contribution in [0.2, 0.25) is 5.02 Å². The van der Waals surface area contributed by atoms with Crippen LogP contribution in [0.3, 0.4) is 0 Å². The molecule has 33 heavy (non-hydrogen) atoms. The van der Waals surface area contributed by atoms with E-state index in [2.05, 4.69) is 10.2 Å². The highest BCUT2D eigenvalue weighted by Gasteiger charge is 2.68. The van der Waals surface area contributed by atoms with E-state index < -0.39 is 17.5 Å². The van der Waals surface area contributed by atoms with Crippen LogP contribution < -0.4 is 0 Å². The van der Waals surface area contributed by atoms with E-state index in [0.29, 0.717) is 27.9 Å². The predicted octanol–water partition coefficient (Wildman–Crippen LogP) is 7.06. The first kappa shape index (κ1) is 22.6. The summed E-state index contributed by atoms with van der Waals surface area (Å²) in [5, 5.41) is 13.5. The van der Waals surface area contributed by atoms with Crippen molar-refractivity contribution in [3.8, 4) is 17.3 Å². The summed E-state index contributed by atoms with van der Waals surface area (Å²) in [5.41, 5.74) is -0.278. The van der Waals surface area contributed by atoms with Crippen LogP contribution in [0, 0.1) is 0 Å². The number of aromatic nitrogens is 4. The minimum Gasteiger partial charge on any atom is -0.418 e. The molecule has 0 radical (unpaired) electrons. The van der Waals surface area contributed by atoms with Crippen LogP contribution in [-0.2, 0) is 5.41 Å². The zero-order chi connectivity index (χ0) is 23.4. The second-order valence-corrected chi connectivity index (χ2v) is 9.57. The Morgan fingerprint density at radius 3 is 2.55 bits per heavy atom. The minimum absolute atomic E-state index is 0.0507. The smallest absolute Gasteiger partial charge is 0.403 e. The molecular weight excluding hydrogens is 496 g/mol. The van der Waals surface area contributed by atoms with E-state index in [1.54, 1.807) is 10.7 Å². The van der Waals surface area contributed by atoms with Crippen molar-refractivity contribution in [1.29, 1.82) is 0 Å². The van der Waals surface area contributed by atoms with E-state index in [4.69, 9.17) is 32.7 Å². The number of hydrogen-bond donors (Lipinski definition) is 0. The van der Waals surface area contributed by atoms with Crippen molar-refractivity contribution in [2.24, 2.45) is 0 Å². The Bertz CT molecular complexity index is 1280. The maximum atomic E-state index is 13.6. The highest BCUT2D eigenvalue weighted by molar-refractivity contribution is 7.98. The van der Waals surface area contributed by atoms with Crippen molar-refractivity contribution in [2.45, 2.75) is 41.7 Å². The number of halogens is 5. The largest absolute Gasteiger partial charge is 0.418 e. The Morgan fingerprint density at radius 2 is 1.94 bits per heavy atom. The van der Waals surface area contributed by atoms with Gasteiger partial charge in [-0.15, -0.1) is 22.0 Å². The van der Waals surface area contributed by atoms with Gasteiger partial charge in [-0.2, -0.15) is 18.3 Å². The van der Waals surface area contributed by atoms with Gasteiger partial charge in [0.15, 0.2) is 5.69 Å². The molecule has 5 nitrogen and oxygen atoms in total. The molecule has 1 aromatic carbocycles. The Kier molecular flexibility index (Phi) is 5.61. The van der Waals surface area contributed by atoms with Crippen LogP contribution in [0.15, 0.2) is 56.8 Å². The summed E-state index contributed by atoms with van der Waals surface area (Å²) in [6.07, 6.45) is 3.62. The lowest BCUT2D eigenvalue weighted by Crippen LogP contribution is -2.28. The zero-order valence-electron chi connectivity index (χ0n) is 17.2. The Hall–Kier alpha value is -2.23. The average Bonchev–Trinajstić information content (AvgIpc) is 3.32. The van der Waals surface area contributed by atoms with Gasteiger partial charge in [0.2, 0.25) is 5.89 Å². The molecule has 0 aliphatic heterocycles. The number of para-hydroxylation sites is 1. The van der Waals surface area contributed by atoms with Gasteiger partial charge < -0.3 is 4.42 Å². The van der Waals surface area contributed by atoms with Crippen molar-refractivity contribution in [2.75, 3.05) is 6.26 Å². The van der Waals surface area contributed by atoms with Crippen molar-refractivity contribution < 1.29 is 17.6 Å². The van der Waals surface area contributed by atoms with E-state index in [0.717, 1.165) is 10.6 Å². The third-order valence-corrected chi connectivity index (χ3v) is 7.31. The van der Waals surface area contributed by atoms with Gasteiger partial charge in [0, 0.05) is 11.0 Å². The molecule has 5 rings (SSSR count). The number of thioether (sulfide) groups is 1. The number of allylic oxidation sites excluding steroid dienone is 4. The quantitative estimate of drug-likeness (QED) is 0.342. The number of benzene rings is 1. The fourth-order valence-corrected chi connectivity index (χ4v) is 5.09. The maximum absolute atomic E-state index is 13.6. The highest BCUT2D eigenvalue weighted by Crippen LogP contribution is 2.58. The average molecular weight is 513 g/mol. The Labute approximate surface area is 201 Å². The minimum atomic E-state index is -4.44. The molecular formula is C22H17Cl2F3N4OS. The van der Waals surface area contributed by atoms with Gasteiger partial charge in [-0.3, -0.25) is 0 Å². The summed E-state index contributed by atoms with van der Waals surface area (Å²) in [5.74, 6) is -0.553. The molecule has 2 aliphatic carbocycles. The van der Waals surface area contributed by atoms with E-state index in [1.807, 2.05) is 42.7 Å². The normalized spacial score (nSPS) is 19.6. The molecule has 0 N–H and O–H groups in total. The molecule has 1 atom stereocenters. The molecule has 1 saturated carbocycles. The summed E-state index contributed by atoms with van der Waals surface area (Å²) in [7, 11) is 0. The molecule has 2 heterocycles. The molecule has 0 saturated heterocycles. The van der Waals surface area contributed by atoms with Crippen molar-refractivity contribution in [3.63, 3.8) is 0 Å². The standard InChI is InChI=1S/C22H17Cl2F3N4OS/c1-33-18-16(19-28-29-20(32-19)21(10-11-21)22(25,26)27)30-31(15-5-3-2-4-14(15)24)17(18)12-6-8-13(23)9-7-12/h2-6,8-9,12H,7,10-11H2,1H3. The van der Waals surface area contributed by atoms with Gasteiger partial charge in [-0.1, -0.05) is 47.5 Å². The van der Waals surface area contributed by atoms with Crippen molar-refractivity contribution in [1.82, 2.24) is 20.0 Å². The Morgan fingerprint density at radius 1 is 1.18 bits per heavy atom. The molecule has 0 bridgehead atoms. The predicted molar refractivity (Wildman–Crippen MR) is 121 cm³/mol. The van der Waals surface area contributed by atoms with Crippen LogP contribution in [0.5, 0.6) is 0 Å². The third-order valence-electron chi connectivity index (χ3n) is 5.90. The van der Waals surface area contributed by atoms with E-state index in [-0.39, 0.29) is 24.7 Å². The van der Waals surface area contributed by atoms with Gasteiger partial charge in [0.25, 0.3) is 5.89 Å². The molecule has 172 valence electrons. The Balaban J connectivity index is 1.66. The number of nitrogens with zero attached hydrogens (tertiary/aromatic N) is 4. The topological polar surface area (TPSA) is 56.7 Å². The van der Waals surface area contributed by atoms with Crippen LogP contribution in [0.25, 0.3) is 17.3 Å². The number of alkyl halides is 3. The first-order chi connectivity index (χ1) is 15.7. The lowest BCUT2D eigenvalue weighted by molar-refractivity contribution is -0.165. The van der Waals surface area contributed by atoms with Gasteiger partial charge in [0.1, 0.15) is 5.41 Å². The SMILES string of the molecule is CSc1c(-c2nnc(C3(C(F)(F)F)CC3)o2)nn(-c2ccccc2Cl)c1C1C=CC(Cl)=CC1. The van der Waals surface area contributed by atoms with Crippen LogP contribution >= 0.6 is 35.0 Å². The highest BCUT2D eigenvalue weighted by atomic mass is 35.5. The van der Waals surface area contributed by atoms with Crippen molar-refractivity contribution in [3.05, 3.63) is 64.1 Å². The summed E-state index contributed by atoms with van der Waals surface area (Å²) in [6, 6.07) is 7.22. The van der Waals surface area contributed by atoms with Crippen LogP contribution in [0.1, 0.15) is 36.8 Å². The second kappa shape index (κ2) is 8.21. The van der Waals surface area contributed by atoms with Crippen LogP contribution in [0.4, 0.5) is 13.2 Å². The van der Waals surface area contributed by atoms with Crippen molar-refractivity contribution >= 4 is 35.0 Å². The molecule has 1 fully saturated rings. The van der Waals surface area contributed by atoms with Crippen LogP contribution in [-0.4, -0.2) is 32.4 Å². The number of hydrogen-bond acceptors (Lipinski definition) is 5. The van der Waals surface area contributed by atoms with Gasteiger partial charge >= 0.3 is 6.18 Å². The maximum Gasteiger partial charge on any atom is 0.403 e. The summed E-state index contributed by atoms with van der Waals surface area (Å²) >= 11 is 14.0. The third kappa shape index (κ3) is 3.80. The lowest BCUT2D eigenvalue weighted by atomic mass is 9.96.